The van der Waals surface area contributed by atoms with Crippen molar-refractivity contribution in [3.63, 3.8) is 0 Å². The first kappa shape index (κ1) is 10.8. The summed E-state index contributed by atoms with van der Waals surface area (Å²) in [5, 5.41) is 0. The number of rotatable bonds is 4. The lowest BCUT2D eigenvalue weighted by atomic mass is 10.3. The summed E-state index contributed by atoms with van der Waals surface area (Å²) in [4.78, 5) is 0. The topological polar surface area (TPSA) is 46.2 Å². The summed E-state index contributed by atoms with van der Waals surface area (Å²) in [5.41, 5.74) is 0. The summed E-state index contributed by atoms with van der Waals surface area (Å²) < 4.78 is 46.0. The molecule has 0 aliphatic rings. The molecule has 68 valence electrons. The number of hydrogen-bond donors (Lipinski definition) is 1. The maximum absolute atomic E-state index is 11.7. The zero-order valence-corrected chi connectivity index (χ0v) is 7.16. The molecule has 3 nitrogen and oxygen atoms in total. The number of sulfonamides is 1. The second kappa shape index (κ2) is 3.96. The van der Waals surface area contributed by atoms with Crippen molar-refractivity contribution in [2.45, 2.75) is 32.1 Å². The van der Waals surface area contributed by atoms with E-state index in [0.29, 0.717) is 6.42 Å². The highest BCUT2D eigenvalue weighted by atomic mass is 32.2. The largest absolute Gasteiger partial charge is 0.350 e. The van der Waals surface area contributed by atoms with E-state index in [2.05, 4.69) is 0 Å². The molecule has 0 rings (SSSR count). The van der Waals surface area contributed by atoms with Gasteiger partial charge in [0.25, 0.3) is 10.0 Å². The maximum atomic E-state index is 11.7. The van der Waals surface area contributed by atoms with Crippen molar-refractivity contribution in [2.75, 3.05) is 0 Å². The van der Waals surface area contributed by atoms with Gasteiger partial charge in [-0.25, -0.2) is 13.1 Å². The monoisotopic (exact) mass is 187 g/mol. The van der Waals surface area contributed by atoms with Gasteiger partial charge in [0.15, 0.2) is 0 Å². The highest BCUT2D eigenvalue weighted by Crippen LogP contribution is 2.03. The summed E-state index contributed by atoms with van der Waals surface area (Å²) in [6, 6.07) is -0.436. The Morgan fingerprint density at radius 1 is 1.45 bits per heavy atom. The van der Waals surface area contributed by atoms with E-state index in [9.17, 15) is 17.2 Å². The van der Waals surface area contributed by atoms with E-state index in [1.165, 1.54) is 6.92 Å². The van der Waals surface area contributed by atoms with Crippen molar-refractivity contribution < 1.29 is 17.2 Å². The van der Waals surface area contributed by atoms with Crippen LogP contribution in [-0.2, 0) is 10.0 Å². The number of hydrogen-bond acceptors (Lipinski definition) is 2. The minimum absolute atomic E-state index is 0.436. The molecule has 0 aliphatic heterocycles. The van der Waals surface area contributed by atoms with Crippen molar-refractivity contribution in [1.29, 1.82) is 0 Å². The fourth-order valence-electron chi connectivity index (χ4n) is 0.415. The van der Waals surface area contributed by atoms with E-state index in [1.807, 2.05) is 4.72 Å². The second-order valence-corrected chi connectivity index (χ2v) is 3.91. The van der Waals surface area contributed by atoms with Crippen molar-refractivity contribution in [1.82, 2.24) is 4.72 Å². The third-order valence-electron chi connectivity index (χ3n) is 1.21. The highest BCUT2D eigenvalue weighted by Gasteiger charge is 2.24. The van der Waals surface area contributed by atoms with Gasteiger partial charge in [-0.3, -0.25) is 0 Å². The number of halogens is 2. The summed E-state index contributed by atoms with van der Waals surface area (Å²) in [6.07, 6.45) is 0.492. The van der Waals surface area contributed by atoms with Crippen LogP contribution >= 0.6 is 0 Å². The van der Waals surface area contributed by atoms with Crippen LogP contribution in [0.25, 0.3) is 0 Å². The summed E-state index contributed by atoms with van der Waals surface area (Å²) in [7, 11) is -4.39. The maximum Gasteiger partial charge on any atom is 0.350 e. The van der Waals surface area contributed by atoms with Gasteiger partial charge in [-0.15, -0.1) is 0 Å². The second-order valence-electron chi connectivity index (χ2n) is 2.23. The SMILES string of the molecule is CCC(C)NS(=O)(=O)C(F)F. The van der Waals surface area contributed by atoms with Gasteiger partial charge in [0, 0.05) is 6.04 Å². The molecule has 0 bridgehead atoms. The van der Waals surface area contributed by atoms with Crippen LogP contribution < -0.4 is 4.72 Å². The Labute approximate surface area is 64.8 Å². The van der Waals surface area contributed by atoms with Crippen molar-refractivity contribution in [3.8, 4) is 0 Å². The van der Waals surface area contributed by atoms with Gasteiger partial charge >= 0.3 is 5.76 Å². The molecule has 1 unspecified atom stereocenters. The van der Waals surface area contributed by atoms with Crippen LogP contribution in [0.3, 0.4) is 0 Å². The molecule has 11 heavy (non-hydrogen) atoms. The lowest BCUT2D eigenvalue weighted by Gasteiger charge is -2.10. The zero-order valence-electron chi connectivity index (χ0n) is 6.34. The quantitative estimate of drug-likeness (QED) is 0.711. The van der Waals surface area contributed by atoms with E-state index in [1.54, 1.807) is 6.92 Å². The molecule has 0 saturated heterocycles. The number of alkyl halides is 2. The average molecular weight is 187 g/mol. The summed E-state index contributed by atoms with van der Waals surface area (Å²) >= 11 is 0. The van der Waals surface area contributed by atoms with E-state index in [4.69, 9.17) is 0 Å². The van der Waals surface area contributed by atoms with Crippen LogP contribution in [0.4, 0.5) is 8.78 Å². The molecule has 0 aromatic carbocycles. The van der Waals surface area contributed by atoms with E-state index >= 15 is 0 Å². The van der Waals surface area contributed by atoms with Gasteiger partial charge < -0.3 is 0 Å². The molecular formula is C5H11F2NO2S. The van der Waals surface area contributed by atoms with E-state index in [-0.39, 0.29) is 0 Å². The Bertz CT molecular complexity index is 203. The van der Waals surface area contributed by atoms with Crippen LogP contribution in [0.2, 0.25) is 0 Å². The van der Waals surface area contributed by atoms with Crippen LogP contribution in [-0.4, -0.2) is 20.2 Å². The Balaban J connectivity index is 4.15. The Hall–Kier alpha value is -0.230. The van der Waals surface area contributed by atoms with Gasteiger partial charge in [-0.1, -0.05) is 6.92 Å². The Morgan fingerprint density at radius 3 is 2.18 bits per heavy atom. The van der Waals surface area contributed by atoms with Crippen molar-refractivity contribution in [3.05, 3.63) is 0 Å². The summed E-state index contributed by atoms with van der Waals surface area (Å²) in [6.45, 7) is 3.23. The molecule has 0 radical (unpaired) electrons. The van der Waals surface area contributed by atoms with Gasteiger partial charge in [-0.05, 0) is 13.3 Å². The van der Waals surface area contributed by atoms with E-state index < -0.39 is 21.8 Å². The first-order valence-corrected chi connectivity index (χ1v) is 4.74. The molecule has 0 heterocycles. The lowest BCUT2D eigenvalue weighted by Crippen LogP contribution is -2.35. The molecule has 0 saturated carbocycles. The van der Waals surface area contributed by atoms with Gasteiger partial charge in [0.2, 0.25) is 0 Å². The molecule has 0 aliphatic carbocycles. The average Bonchev–Trinajstić information content (AvgIpc) is 1.86. The van der Waals surface area contributed by atoms with Gasteiger partial charge in [-0.2, -0.15) is 8.78 Å². The van der Waals surface area contributed by atoms with Crippen LogP contribution in [0.15, 0.2) is 0 Å². The minimum atomic E-state index is -4.39. The van der Waals surface area contributed by atoms with Crippen molar-refractivity contribution in [2.24, 2.45) is 0 Å². The third kappa shape index (κ3) is 3.62. The molecule has 1 N–H and O–H groups in total. The standard InChI is InChI=1S/C5H11F2NO2S/c1-3-4(2)8-11(9,10)5(6)7/h4-5,8H,3H2,1-2H3. The normalized spacial score (nSPS) is 15.4. The molecule has 0 aromatic rings. The molecule has 0 aromatic heterocycles. The number of nitrogens with one attached hydrogen (secondary N) is 1. The van der Waals surface area contributed by atoms with Crippen molar-refractivity contribution >= 4 is 10.0 Å². The molecular weight excluding hydrogens is 176 g/mol. The predicted molar refractivity (Wildman–Crippen MR) is 37.8 cm³/mol. The fraction of sp³-hybridized carbons (Fsp3) is 1.00. The highest BCUT2D eigenvalue weighted by molar-refractivity contribution is 7.89. The smallest absolute Gasteiger partial charge is 0.207 e. The van der Waals surface area contributed by atoms with Gasteiger partial charge in [0.1, 0.15) is 0 Å². The molecule has 0 amide bonds. The third-order valence-corrected chi connectivity index (χ3v) is 2.41. The Morgan fingerprint density at radius 2 is 1.91 bits per heavy atom. The van der Waals surface area contributed by atoms with Crippen LogP contribution in [0.1, 0.15) is 20.3 Å². The Kier molecular flexibility index (Phi) is 3.88. The molecule has 0 fully saturated rings. The summed E-state index contributed by atoms with van der Waals surface area (Å²) in [5.74, 6) is -3.34. The first-order chi connectivity index (χ1) is 4.90. The zero-order chi connectivity index (χ0) is 9.07. The molecule has 1 atom stereocenters. The molecule has 0 spiro atoms. The molecule has 6 heteroatoms. The fourth-order valence-corrected chi connectivity index (χ4v) is 1.25. The minimum Gasteiger partial charge on any atom is -0.207 e. The van der Waals surface area contributed by atoms with E-state index in [0.717, 1.165) is 0 Å². The van der Waals surface area contributed by atoms with Crippen LogP contribution in [0, 0.1) is 0 Å². The van der Waals surface area contributed by atoms with Crippen LogP contribution in [0.5, 0.6) is 0 Å². The predicted octanol–water partition coefficient (Wildman–Crippen LogP) is 0.927. The van der Waals surface area contributed by atoms with Gasteiger partial charge in [0.05, 0.1) is 0 Å². The lowest BCUT2D eigenvalue weighted by molar-refractivity contribution is 0.231. The first-order valence-electron chi connectivity index (χ1n) is 3.19.